The minimum atomic E-state index is -2.17. The Morgan fingerprint density at radius 2 is 1.53 bits per heavy atom. The highest BCUT2D eigenvalue weighted by atomic mass is 16.7. The molecule has 1 aliphatic heterocycles. The molecule has 330 valence electrons. The smallest absolute Gasteiger partial charge is 0.429 e. The predicted molar refractivity (Wildman–Crippen MR) is 206 cm³/mol. The Hall–Kier alpha value is -5.34. The van der Waals surface area contributed by atoms with E-state index in [1.807, 2.05) is 6.92 Å². The maximum Gasteiger partial charge on any atom is 0.429 e. The number of benzene rings is 1. The Morgan fingerprint density at radius 3 is 2.07 bits per heavy atom. The number of carboxylic acids is 1. The van der Waals surface area contributed by atoms with Gasteiger partial charge in [-0.05, 0) is 65.4 Å². The number of hydrogen-bond acceptors (Lipinski definition) is 14. The van der Waals surface area contributed by atoms with Crippen molar-refractivity contribution in [2.45, 2.75) is 136 Å². The van der Waals surface area contributed by atoms with Gasteiger partial charge < -0.3 is 39.8 Å². The maximum atomic E-state index is 14.6. The number of ether oxygens (including phenoxy) is 4. The van der Waals surface area contributed by atoms with Gasteiger partial charge in [0.05, 0.1) is 24.9 Å². The van der Waals surface area contributed by atoms with Gasteiger partial charge in [-0.25, -0.2) is 24.5 Å². The van der Waals surface area contributed by atoms with E-state index in [1.54, 1.807) is 44.2 Å². The number of amides is 6. The maximum absolute atomic E-state index is 14.6. The van der Waals surface area contributed by atoms with E-state index in [9.17, 15) is 48.6 Å². The van der Waals surface area contributed by atoms with Crippen LogP contribution in [0.15, 0.2) is 30.3 Å². The van der Waals surface area contributed by atoms with Gasteiger partial charge in [0.1, 0.15) is 18.7 Å². The second-order valence-electron chi connectivity index (χ2n) is 15.1. The number of aliphatic hydroxyl groups is 1. The number of hydrazine groups is 1. The van der Waals surface area contributed by atoms with Crippen molar-refractivity contribution < 1.29 is 72.4 Å². The third kappa shape index (κ3) is 16.1. The van der Waals surface area contributed by atoms with Crippen molar-refractivity contribution in [3.05, 3.63) is 35.9 Å². The number of aliphatic hydroxyl groups excluding tert-OH is 1. The lowest BCUT2D eigenvalue weighted by Gasteiger charge is -2.40. The summed E-state index contributed by atoms with van der Waals surface area (Å²) in [6.45, 7) is 12.2. The monoisotopic (exact) mass is 837 g/mol. The van der Waals surface area contributed by atoms with Crippen LogP contribution in [0.1, 0.15) is 93.1 Å². The first kappa shape index (κ1) is 49.8. The van der Waals surface area contributed by atoms with Crippen LogP contribution >= 0.6 is 0 Å². The van der Waals surface area contributed by atoms with Crippen molar-refractivity contribution in [2.75, 3.05) is 20.3 Å². The Balaban J connectivity index is 2.58. The van der Waals surface area contributed by atoms with Gasteiger partial charge in [0.2, 0.25) is 5.91 Å². The lowest BCUT2D eigenvalue weighted by Crippen LogP contribution is -2.65. The molecule has 6 atom stereocenters. The van der Waals surface area contributed by atoms with Gasteiger partial charge in [-0.15, -0.1) is 0 Å². The van der Waals surface area contributed by atoms with E-state index in [1.165, 1.54) is 27.7 Å². The SMILES string of the molecule is CCCCOC(=O)N(C)N(C(=O)[C@H]([C@@H](C)O)N(OC(C)(C)C)C(=O)[C@H](CCC(=O)O)NC(=O)[C@H](CC(C)C)NC(=O)OCc1ccccc1)C(=O)[C@@H]1O[C@H]1C(=O)OCC. The lowest BCUT2D eigenvalue weighted by molar-refractivity contribution is -0.254. The number of rotatable bonds is 21. The van der Waals surface area contributed by atoms with E-state index >= 15 is 0 Å². The van der Waals surface area contributed by atoms with Crippen LogP contribution in [0.5, 0.6) is 0 Å². The van der Waals surface area contributed by atoms with E-state index in [2.05, 4.69) is 10.6 Å². The van der Waals surface area contributed by atoms with Crippen molar-refractivity contribution >= 4 is 47.8 Å². The summed E-state index contributed by atoms with van der Waals surface area (Å²) in [5, 5.41) is 26.9. The average molecular weight is 838 g/mol. The molecule has 0 aromatic heterocycles. The van der Waals surface area contributed by atoms with E-state index in [0.717, 1.165) is 14.0 Å². The number of carboxylic acid groups (broad SMARTS) is 1. The molecule has 1 saturated heterocycles. The Labute approximate surface area is 343 Å². The van der Waals surface area contributed by atoms with E-state index in [4.69, 9.17) is 23.8 Å². The molecule has 0 radical (unpaired) electrons. The van der Waals surface area contributed by atoms with Gasteiger partial charge in [-0.2, -0.15) is 5.01 Å². The number of hydroxylamine groups is 2. The van der Waals surface area contributed by atoms with Gasteiger partial charge in [-0.1, -0.05) is 57.5 Å². The molecule has 1 aliphatic rings. The quantitative estimate of drug-likeness (QED) is 0.0456. The molecule has 1 aromatic carbocycles. The Bertz CT molecular complexity index is 1620. The van der Waals surface area contributed by atoms with Crippen LogP contribution < -0.4 is 10.6 Å². The highest BCUT2D eigenvalue weighted by molar-refractivity contribution is 6.05. The molecule has 20 heteroatoms. The largest absolute Gasteiger partial charge is 0.481 e. The van der Waals surface area contributed by atoms with Crippen molar-refractivity contribution in [3.8, 4) is 0 Å². The number of nitrogens with zero attached hydrogens (tertiary/aromatic N) is 3. The van der Waals surface area contributed by atoms with Crippen molar-refractivity contribution in [1.82, 2.24) is 25.7 Å². The highest BCUT2D eigenvalue weighted by Gasteiger charge is 2.57. The normalized spacial score (nSPS) is 16.7. The number of alkyl carbamates (subject to hydrolysis) is 1. The van der Waals surface area contributed by atoms with Crippen molar-refractivity contribution in [2.24, 2.45) is 5.92 Å². The van der Waals surface area contributed by atoms with Crippen molar-refractivity contribution in [3.63, 3.8) is 0 Å². The molecule has 0 aliphatic carbocycles. The third-order valence-corrected chi connectivity index (χ3v) is 8.30. The van der Waals surface area contributed by atoms with Crippen LogP contribution in [0.3, 0.4) is 0 Å². The Kier molecular flexibility index (Phi) is 19.7. The van der Waals surface area contributed by atoms with Crippen LogP contribution in [0.4, 0.5) is 9.59 Å². The average Bonchev–Trinajstić information content (AvgIpc) is 3.96. The molecule has 0 unspecified atom stereocenters. The van der Waals surface area contributed by atoms with Gasteiger partial charge in [0.25, 0.3) is 17.7 Å². The summed E-state index contributed by atoms with van der Waals surface area (Å²) < 4.78 is 20.6. The van der Waals surface area contributed by atoms with Crippen LogP contribution in [-0.4, -0.2) is 135 Å². The molecule has 6 amide bonds. The van der Waals surface area contributed by atoms with E-state index in [0.29, 0.717) is 28.5 Å². The zero-order chi connectivity index (χ0) is 44.6. The number of esters is 1. The molecule has 59 heavy (non-hydrogen) atoms. The summed E-state index contributed by atoms with van der Waals surface area (Å²) in [7, 11) is 1.00. The molecule has 20 nitrogen and oxygen atoms in total. The number of carbonyl (C=O) groups is 8. The second kappa shape index (κ2) is 23.3. The second-order valence-corrected chi connectivity index (χ2v) is 15.1. The summed E-state index contributed by atoms with van der Waals surface area (Å²) in [5.41, 5.74) is -0.653. The summed E-state index contributed by atoms with van der Waals surface area (Å²) >= 11 is 0. The highest BCUT2D eigenvalue weighted by Crippen LogP contribution is 2.28. The van der Waals surface area contributed by atoms with Crippen LogP contribution in [0.25, 0.3) is 0 Å². The van der Waals surface area contributed by atoms with E-state index in [-0.39, 0.29) is 37.2 Å². The minimum Gasteiger partial charge on any atom is -0.481 e. The fraction of sp³-hybridized carbons (Fsp3) is 0.641. The zero-order valence-electron chi connectivity index (χ0n) is 35.1. The number of nitrogens with one attached hydrogen (secondary N) is 2. The molecule has 1 fully saturated rings. The fourth-order valence-electron chi connectivity index (χ4n) is 5.43. The summed E-state index contributed by atoms with van der Waals surface area (Å²) in [4.78, 5) is 113. The van der Waals surface area contributed by atoms with Crippen LogP contribution in [0, 0.1) is 5.92 Å². The summed E-state index contributed by atoms with van der Waals surface area (Å²) in [6, 6.07) is 3.51. The number of hydrogen-bond donors (Lipinski definition) is 4. The fourth-order valence-corrected chi connectivity index (χ4v) is 5.43. The van der Waals surface area contributed by atoms with Crippen LogP contribution in [0.2, 0.25) is 0 Å². The first-order valence-corrected chi connectivity index (χ1v) is 19.4. The molecule has 0 saturated carbocycles. The van der Waals surface area contributed by atoms with Gasteiger partial charge in [-0.3, -0.25) is 28.8 Å². The molecule has 4 N–H and O–H groups in total. The molecule has 0 spiro atoms. The summed E-state index contributed by atoms with van der Waals surface area (Å²) in [5.74, 6) is -7.30. The molecule has 1 heterocycles. The molecule has 1 aromatic rings. The van der Waals surface area contributed by atoms with Gasteiger partial charge in [0, 0.05) is 13.5 Å². The van der Waals surface area contributed by atoms with E-state index < -0.39 is 103 Å². The number of carbonyl (C=O) groups excluding carboxylic acids is 7. The predicted octanol–water partition coefficient (Wildman–Crippen LogP) is 2.45. The first-order valence-electron chi connectivity index (χ1n) is 19.4. The van der Waals surface area contributed by atoms with Crippen LogP contribution in [-0.2, 0) is 59.2 Å². The Morgan fingerprint density at radius 1 is 0.881 bits per heavy atom. The summed E-state index contributed by atoms with van der Waals surface area (Å²) in [6.07, 6.45) is -7.20. The van der Waals surface area contributed by atoms with Crippen molar-refractivity contribution in [1.29, 1.82) is 0 Å². The molecular weight excluding hydrogens is 778 g/mol. The van der Waals surface area contributed by atoms with Gasteiger partial charge >= 0.3 is 24.1 Å². The number of epoxide rings is 1. The standard InChI is InChI=1S/C39H59N5O15/c1-10-12-20-56-38(54)42(9)43(35(51)30-31(58-30)36(52)55-11-2)34(50)29(24(5)45)44(59-39(6,7)8)33(49)26(18-19-28(46)47)40-32(48)27(21-23(3)4)41-37(53)57-22-25-16-14-13-15-17-25/h13-17,23-24,26-27,29-31,45H,10-12,18-22H2,1-9H3,(H,40,48)(H,41,53)(H,46,47)/t24-,26+,27+,29+,30-,31-/m1/s1. The molecule has 2 rings (SSSR count). The minimum absolute atomic E-state index is 0.0522. The molecule has 0 bridgehead atoms. The number of aliphatic carboxylic acids is 1. The molecular formula is C39H59N5O15. The lowest BCUT2D eigenvalue weighted by atomic mass is 10.0. The topological polar surface area (TPSA) is 260 Å². The number of imide groups is 1. The third-order valence-electron chi connectivity index (χ3n) is 8.30. The number of unbranched alkanes of at least 4 members (excludes halogenated alkanes) is 1. The van der Waals surface area contributed by atoms with Gasteiger partial charge in [0.15, 0.2) is 18.2 Å². The zero-order valence-corrected chi connectivity index (χ0v) is 35.1. The first-order chi connectivity index (χ1) is 27.6.